The first-order valence-electron chi connectivity index (χ1n) is 5.17. The highest BCUT2D eigenvalue weighted by Gasteiger charge is 2.15. The lowest BCUT2D eigenvalue weighted by Crippen LogP contribution is -2.31. The van der Waals surface area contributed by atoms with Crippen molar-refractivity contribution in [3.8, 4) is 0 Å². The first kappa shape index (κ1) is 12.2. The molecule has 1 aromatic rings. The van der Waals surface area contributed by atoms with Crippen LogP contribution in [0.5, 0.6) is 0 Å². The van der Waals surface area contributed by atoms with Crippen LogP contribution in [0.15, 0.2) is 30.3 Å². The van der Waals surface area contributed by atoms with Crippen LogP contribution in [0.1, 0.15) is 18.9 Å². The van der Waals surface area contributed by atoms with Gasteiger partial charge in [-0.2, -0.15) is 0 Å². The summed E-state index contributed by atoms with van der Waals surface area (Å²) in [5.41, 5.74) is 1.00. The van der Waals surface area contributed by atoms with E-state index in [-0.39, 0.29) is 5.91 Å². The van der Waals surface area contributed by atoms with E-state index in [1.54, 1.807) is 0 Å². The molecular weight excluding hydrogens is 206 g/mol. The van der Waals surface area contributed by atoms with Crippen molar-refractivity contribution in [3.05, 3.63) is 35.9 Å². The number of carbonyl (C=O) groups excluding carboxylic acids is 1. The van der Waals surface area contributed by atoms with Crippen LogP contribution in [0.3, 0.4) is 0 Å². The minimum Gasteiger partial charge on any atom is -0.481 e. The summed E-state index contributed by atoms with van der Waals surface area (Å²) in [6, 6.07) is 9.52. The molecule has 0 radical (unpaired) electrons. The van der Waals surface area contributed by atoms with Crippen molar-refractivity contribution in [2.45, 2.75) is 19.9 Å². The van der Waals surface area contributed by atoms with Gasteiger partial charge in [-0.15, -0.1) is 0 Å². The number of aliphatic carboxylic acids is 1. The molecule has 0 bridgehead atoms. The van der Waals surface area contributed by atoms with Gasteiger partial charge in [0.1, 0.15) is 6.42 Å². The first-order valence-corrected chi connectivity index (χ1v) is 5.17. The predicted octanol–water partition coefficient (Wildman–Crippen LogP) is 1.51. The van der Waals surface area contributed by atoms with Gasteiger partial charge in [0.2, 0.25) is 5.91 Å². The molecule has 0 spiro atoms. The monoisotopic (exact) mass is 221 g/mol. The van der Waals surface area contributed by atoms with Crippen LogP contribution in [0.25, 0.3) is 0 Å². The molecule has 0 unspecified atom stereocenters. The van der Waals surface area contributed by atoms with E-state index in [1.807, 2.05) is 37.3 Å². The van der Waals surface area contributed by atoms with Crippen molar-refractivity contribution >= 4 is 11.9 Å². The van der Waals surface area contributed by atoms with E-state index in [2.05, 4.69) is 0 Å². The summed E-state index contributed by atoms with van der Waals surface area (Å²) in [6.07, 6.45) is -0.444. The largest absolute Gasteiger partial charge is 0.481 e. The van der Waals surface area contributed by atoms with E-state index in [1.165, 1.54) is 4.90 Å². The normalized spacial score (nSPS) is 9.81. The Morgan fingerprint density at radius 3 is 2.38 bits per heavy atom. The Kier molecular flexibility index (Phi) is 4.51. The summed E-state index contributed by atoms with van der Waals surface area (Å²) in [5, 5.41) is 8.55. The molecule has 0 aliphatic rings. The molecule has 1 aromatic carbocycles. The molecule has 86 valence electrons. The summed E-state index contributed by atoms with van der Waals surface area (Å²) in [4.78, 5) is 23.5. The minimum atomic E-state index is -1.09. The lowest BCUT2D eigenvalue weighted by atomic mass is 10.2. The molecule has 0 saturated carbocycles. The van der Waals surface area contributed by atoms with Crippen molar-refractivity contribution in [3.63, 3.8) is 0 Å². The highest BCUT2D eigenvalue weighted by molar-refractivity contribution is 5.93. The Labute approximate surface area is 94.5 Å². The Morgan fingerprint density at radius 1 is 1.25 bits per heavy atom. The molecule has 0 heterocycles. The number of hydrogen-bond donors (Lipinski definition) is 1. The fourth-order valence-electron chi connectivity index (χ4n) is 1.42. The third kappa shape index (κ3) is 3.73. The van der Waals surface area contributed by atoms with Crippen LogP contribution in [0.4, 0.5) is 0 Å². The van der Waals surface area contributed by atoms with E-state index in [0.717, 1.165) is 5.56 Å². The second-order valence-corrected chi connectivity index (χ2v) is 3.46. The molecule has 1 amide bonds. The van der Waals surface area contributed by atoms with Gasteiger partial charge in [0.05, 0.1) is 0 Å². The zero-order valence-corrected chi connectivity index (χ0v) is 9.22. The van der Waals surface area contributed by atoms with Gasteiger partial charge in [-0.25, -0.2) is 0 Å². The van der Waals surface area contributed by atoms with Crippen LogP contribution < -0.4 is 0 Å². The van der Waals surface area contributed by atoms with E-state index < -0.39 is 12.4 Å². The summed E-state index contributed by atoms with van der Waals surface area (Å²) < 4.78 is 0. The average molecular weight is 221 g/mol. The standard InChI is InChI=1S/C12H15NO3/c1-2-13(11(14)8-12(15)16)9-10-6-4-3-5-7-10/h3-7H,2,8-9H2,1H3,(H,15,16). The van der Waals surface area contributed by atoms with Gasteiger partial charge in [0, 0.05) is 13.1 Å². The van der Waals surface area contributed by atoms with Gasteiger partial charge in [-0.3, -0.25) is 9.59 Å². The van der Waals surface area contributed by atoms with Gasteiger partial charge < -0.3 is 10.0 Å². The van der Waals surface area contributed by atoms with Gasteiger partial charge in [0.25, 0.3) is 0 Å². The van der Waals surface area contributed by atoms with Crippen molar-refractivity contribution in [1.82, 2.24) is 4.90 Å². The third-order valence-electron chi connectivity index (χ3n) is 2.25. The summed E-state index contributed by atoms with van der Waals surface area (Å²) in [6.45, 7) is 2.81. The number of hydrogen-bond acceptors (Lipinski definition) is 2. The van der Waals surface area contributed by atoms with Crippen LogP contribution in [0.2, 0.25) is 0 Å². The minimum absolute atomic E-state index is 0.348. The van der Waals surface area contributed by atoms with Gasteiger partial charge in [-0.1, -0.05) is 30.3 Å². The quantitative estimate of drug-likeness (QED) is 0.767. The molecule has 0 atom stereocenters. The number of carbonyl (C=O) groups is 2. The summed E-state index contributed by atoms with van der Waals surface area (Å²) in [7, 11) is 0. The fraction of sp³-hybridized carbons (Fsp3) is 0.333. The van der Waals surface area contributed by atoms with E-state index >= 15 is 0 Å². The topological polar surface area (TPSA) is 57.6 Å². The zero-order chi connectivity index (χ0) is 12.0. The lowest BCUT2D eigenvalue weighted by Gasteiger charge is -2.20. The van der Waals surface area contributed by atoms with E-state index in [4.69, 9.17) is 5.11 Å². The fourth-order valence-corrected chi connectivity index (χ4v) is 1.42. The van der Waals surface area contributed by atoms with Crippen molar-refractivity contribution in [2.24, 2.45) is 0 Å². The molecular formula is C12H15NO3. The number of amides is 1. The Hall–Kier alpha value is -1.84. The molecule has 0 saturated heterocycles. The molecule has 0 aliphatic carbocycles. The van der Waals surface area contributed by atoms with Gasteiger partial charge in [-0.05, 0) is 12.5 Å². The smallest absolute Gasteiger partial charge is 0.312 e. The van der Waals surface area contributed by atoms with Crippen LogP contribution in [-0.2, 0) is 16.1 Å². The first-order chi connectivity index (χ1) is 7.63. The molecule has 0 aliphatic heterocycles. The average Bonchev–Trinajstić information content (AvgIpc) is 2.26. The molecule has 1 rings (SSSR count). The summed E-state index contributed by atoms with van der Waals surface area (Å²) in [5.74, 6) is -1.43. The maximum absolute atomic E-state index is 11.5. The van der Waals surface area contributed by atoms with E-state index in [9.17, 15) is 9.59 Å². The van der Waals surface area contributed by atoms with Crippen LogP contribution in [0, 0.1) is 0 Å². The van der Waals surface area contributed by atoms with Gasteiger partial charge in [0.15, 0.2) is 0 Å². The van der Waals surface area contributed by atoms with Crippen molar-refractivity contribution < 1.29 is 14.7 Å². The van der Waals surface area contributed by atoms with E-state index in [0.29, 0.717) is 13.1 Å². The Bertz CT molecular complexity index is 362. The number of nitrogens with zero attached hydrogens (tertiary/aromatic N) is 1. The molecule has 4 nitrogen and oxygen atoms in total. The lowest BCUT2D eigenvalue weighted by molar-refractivity contribution is -0.144. The maximum Gasteiger partial charge on any atom is 0.312 e. The SMILES string of the molecule is CCN(Cc1ccccc1)C(=O)CC(=O)O. The van der Waals surface area contributed by atoms with Crippen LogP contribution >= 0.6 is 0 Å². The highest BCUT2D eigenvalue weighted by Crippen LogP contribution is 2.05. The second-order valence-electron chi connectivity index (χ2n) is 3.46. The van der Waals surface area contributed by atoms with Crippen LogP contribution in [-0.4, -0.2) is 28.4 Å². The highest BCUT2D eigenvalue weighted by atomic mass is 16.4. The van der Waals surface area contributed by atoms with Crippen molar-refractivity contribution in [2.75, 3.05) is 6.54 Å². The third-order valence-corrected chi connectivity index (χ3v) is 2.25. The predicted molar refractivity (Wildman–Crippen MR) is 59.8 cm³/mol. The number of benzene rings is 1. The second kappa shape index (κ2) is 5.90. The Morgan fingerprint density at radius 2 is 1.88 bits per heavy atom. The molecule has 0 fully saturated rings. The maximum atomic E-state index is 11.5. The number of rotatable bonds is 5. The van der Waals surface area contributed by atoms with Gasteiger partial charge >= 0.3 is 5.97 Å². The zero-order valence-electron chi connectivity index (χ0n) is 9.22. The Balaban J connectivity index is 2.62. The molecule has 1 N–H and O–H groups in total. The molecule has 4 heteroatoms. The summed E-state index contributed by atoms with van der Waals surface area (Å²) >= 11 is 0. The molecule has 0 aromatic heterocycles. The molecule has 16 heavy (non-hydrogen) atoms. The number of carboxylic acids is 1. The number of carboxylic acid groups (broad SMARTS) is 1. The van der Waals surface area contributed by atoms with Crippen molar-refractivity contribution in [1.29, 1.82) is 0 Å².